The summed E-state index contributed by atoms with van der Waals surface area (Å²) >= 11 is 3.29. The first-order valence-electron chi connectivity index (χ1n) is 9.66. The number of carbonyl (C=O) groups excluding carboxylic acids is 1. The molecule has 0 atom stereocenters. The first kappa shape index (κ1) is 20.5. The van der Waals surface area contributed by atoms with Gasteiger partial charge in [0.2, 0.25) is 0 Å². The average molecular weight is 431 g/mol. The van der Waals surface area contributed by atoms with Crippen LogP contribution in [-0.2, 0) is 10.5 Å². The molecule has 0 N–H and O–H groups in total. The molecule has 0 saturated carbocycles. The van der Waals surface area contributed by atoms with Crippen molar-refractivity contribution in [3.05, 3.63) is 95.6 Å². The molecule has 0 unspecified atom stereocenters. The number of hydrogen-bond acceptors (Lipinski definition) is 4. The van der Waals surface area contributed by atoms with Gasteiger partial charge in [-0.25, -0.2) is 4.99 Å². The average Bonchev–Trinajstić information content (AvgIpc) is 2.79. The normalized spacial score (nSPS) is 14.9. The minimum absolute atomic E-state index is 0.102. The predicted octanol–water partition coefficient (Wildman–Crippen LogP) is 6.70. The summed E-state index contributed by atoms with van der Waals surface area (Å²) in [5.41, 5.74) is 5.06. The lowest BCUT2D eigenvalue weighted by Crippen LogP contribution is -2.36. The maximum atomic E-state index is 13.3. The molecule has 1 heterocycles. The largest absolute Gasteiger partial charge is 0.269 e. The van der Waals surface area contributed by atoms with Crippen LogP contribution in [0.1, 0.15) is 16.7 Å². The van der Waals surface area contributed by atoms with E-state index < -0.39 is 0 Å². The van der Waals surface area contributed by atoms with Crippen molar-refractivity contribution in [2.24, 2.45) is 4.99 Å². The minimum Gasteiger partial charge on any atom is -0.269 e. The second-order valence-electron chi connectivity index (χ2n) is 6.93. The number of amides is 1. The lowest BCUT2D eigenvalue weighted by molar-refractivity contribution is -0.113. The summed E-state index contributed by atoms with van der Waals surface area (Å²) in [6.45, 7) is 2.05. The number of fused-ring (bicyclic) bond motifs is 1. The van der Waals surface area contributed by atoms with Gasteiger partial charge in [-0.15, -0.1) is 11.8 Å². The molecule has 0 bridgehead atoms. The van der Waals surface area contributed by atoms with Gasteiger partial charge in [-0.2, -0.15) is 0 Å². The Bertz CT molecular complexity index is 1100. The summed E-state index contributed by atoms with van der Waals surface area (Å²) in [5, 5.41) is 0.699. The molecule has 3 nitrogen and oxygen atoms in total. The Hall–Kier alpha value is -2.76. The van der Waals surface area contributed by atoms with E-state index in [1.807, 2.05) is 60.7 Å². The molecule has 0 aromatic heterocycles. The monoisotopic (exact) mass is 430 g/mol. The van der Waals surface area contributed by atoms with Gasteiger partial charge in [0.15, 0.2) is 5.17 Å². The highest BCUT2D eigenvalue weighted by molar-refractivity contribution is 8.13. The third-order valence-corrected chi connectivity index (χ3v) is 6.52. The van der Waals surface area contributed by atoms with Crippen molar-refractivity contribution in [2.75, 3.05) is 11.2 Å². The molecule has 1 aliphatic rings. The minimum atomic E-state index is -0.102. The van der Waals surface area contributed by atoms with Gasteiger partial charge in [-0.1, -0.05) is 59.8 Å². The van der Waals surface area contributed by atoms with E-state index in [-0.39, 0.29) is 5.91 Å². The summed E-state index contributed by atoms with van der Waals surface area (Å²) in [7, 11) is 0. The number of carbonyl (C=O) groups is 1. The number of aliphatic imine (C=N–C) groups is 1. The van der Waals surface area contributed by atoms with E-state index in [4.69, 9.17) is 4.99 Å². The van der Waals surface area contributed by atoms with Gasteiger partial charge in [0.05, 0.1) is 11.4 Å². The predicted molar refractivity (Wildman–Crippen MR) is 131 cm³/mol. The number of para-hydroxylation sites is 1. The Balaban J connectivity index is 1.67. The van der Waals surface area contributed by atoms with Gasteiger partial charge in [-0.3, -0.25) is 9.69 Å². The van der Waals surface area contributed by atoms with Crippen LogP contribution in [0.3, 0.4) is 0 Å². The lowest BCUT2D eigenvalue weighted by Gasteiger charge is -2.29. The van der Waals surface area contributed by atoms with E-state index in [0.717, 1.165) is 28.3 Å². The molecule has 5 heteroatoms. The standard InChI is InChI=1S/C25H22N2OS2/c1-18-7-12-21(13-8-18)26-25-27(23-6-4-3-5-20(23)17-30-25)24(28)16-11-19-9-14-22(29-2)15-10-19/h3-16H,17H2,1-2H3. The van der Waals surface area contributed by atoms with E-state index in [1.165, 1.54) is 10.5 Å². The van der Waals surface area contributed by atoms with Gasteiger partial charge in [0.1, 0.15) is 0 Å². The van der Waals surface area contributed by atoms with Crippen molar-refractivity contribution < 1.29 is 4.79 Å². The molecule has 3 aromatic carbocycles. The fraction of sp³-hybridized carbons (Fsp3) is 0.120. The fourth-order valence-electron chi connectivity index (χ4n) is 3.14. The second kappa shape index (κ2) is 9.37. The van der Waals surface area contributed by atoms with Crippen molar-refractivity contribution in [2.45, 2.75) is 17.6 Å². The molecule has 3 aromatic rings. The summed E-state index contributed by atoms with van der Waals surface area (Å²) in [6.07, 6.45) is 5.54. The zero-order valence-corrected chi connectivity index (χ0v) is 18.5. The van der Waals surface area contributed by atoms with Crippen LogP contribution >= 0.6 is 23.5 Å². The molecule has 1 amide bonds. The molecule has 0 saturated heterocycles. The Labute approximate surface area is 185 Å². The van der Waals surface area contributed by atoms with Gasteiger partial charge in [0, 0.05) is 16.7 Å². The van der Waals surface area contributed by atoms with E-state index in [0.29, 0.717) is 5.17 Å². The van der Waals surface area contributed by atoms with E-state index in [2.05, 4.69) is 31.4 Å². The molecule has 150 valence electrons. The Morgan fingerprint density at radius 3 is 2.50 bits per heavy atom. The zero-order chi connectivity index (χ0) is 20.9. The van der Waals surface area contributed by atoms with Gasteiger partial charge in [0.25, 0.3) is 5.91 Å². The molecular weight excluding hydrogens is 408 g/mol. The number of amidine groups is 1. The summed E-state index contributed by atoms with van der Waals surface area (Å²) in [5.74, 6) is 0.694. The van der Waals surface area contributed by atoms with Crippen molar-refractivity contribution in [3.63, 3.8) is 0 Å². The van der Waals surface area contributed by atoms with Crippen LogP contribution in [0.25, 0.3) is 6.08 Å². The zero-order valence-electron chi connectivity index (χ0n) is 16.9. The van der Waals surface area contributed by atoms with Crippen LogP contribution in [0, 0.1) is 6.92 Å². The third kappa shape index (κ3) is 4.69. The van der Waals surface area contributed by atoms with Crippen molar-refractivity contribution in [1.29, 1.82) is 0 Å². The summed E-state index contributed by atoms with van der Waals surface area (Å²) in [4.78, 5) is 21.0. The Morgan fingerprint density at radius 2 is 1.77 bits per heavy atom. The molecular formula is C25H22N2OS2. The molecule has 0 aliphatic carbocycles. The molecule has 30 heavy (non-hydrogen) atoms. The number of rotatable bonds is 4. The first-order valence-corrected chi connectivity index (χ1v) is 11.9. The topological polar surface area (TPSA) is 32.7 Å². The molecule has 1 aliphatic heterocycles. The molecule has 4 rings (SSSR count). The van der Waals surface area contributed by atoms with Gasteiger partial charge in [-0.05, 0) is 60.7 Å². The van der Waals surface area contributed by atoms with Crippen LogP contribution < -0.4 is 4.90 Å². The van der Waals surface area contributed by atoms with Crippen LogP contribution in [0.15, 0.2) is 88.8 Å². The number of aryl methyl sites for hydroxylation is 1. The van der Waals surface area contributed by atoms with E-state index in [9.17, 15) is 4.79 Å². The second-order valence-corrected chi connectivity index (χ2v) is 8.75. The fourth-order valence-corrected chi connectivity index (χ4v) is 4.57. The van der Waals surface area contributed by atoms with Crippen LogP contribution in [0.5, 0.6) is 0 Å². The SMILES string of the molecule is CSc1ccc(C=CC(=O)N2C(=Nc3ccc(C)cc3)SCc3ccccc32)cc1. The molecule has 0 fully saturated rings. The number of hydrogen-bond donors (Lipinski definition) is 0. The summed E-state index contributed by atoms with van der Waals surface area (Å²) in [6, 6.07) is 24.2. The van der Waals surface area contributed by atoms with Crippen LogP contribution in [0.4, 0.5) is 11.4 Å². The van der Waals surface area contributed by atoms with Gasteiger partial charge < -0.3 is 0 Å². The van der Waals surface area contributed by atoms with E-state index in [1.54, 1.807) is 34.5 Å². The first-order chi connectivity index (χ1) is 14.6. The molecule has 0 radical (unpaired) electrons. The van der Waals surface area contributed by atoms with Crippen molar-refractivity contribution in [3.8, 4) is 0 Å². The lowest BCUT2D eigenvalue weighted by atomic mass is 10.1. The van der Waals surface area contributed by atoms with E-state index >= 15 is 0 Å². The van der Waals surface area contributed by atoms with Crippen LogP contribution in [0.2, 0.25) is 0 Å². The van der Waals surface area contributed by atoms with Crippen LogP contribution in [-0.4, -0.2) is 17.3 Å². The summed E-state index contributed by atoms with van der Waals surface area (Å²) < 4.78 is 0. The Morgan fingerprint density at radius 1 is 1.03 bits per heavy atom. The third-order valence-electron chi connectivity index (χ3n) is 4.79. The maximum absolute atomic E-state index is 13.3. The number of benzene rings is 3. The van der Waals surface area contributed by atoms with Crippen molar-refractivity contribution >= 4 is 52.0 Å². The smallest absolute Gasteiger partial charge is 0.257 e. The molecule has 0 spiro atoms. The highest BCUT2D eigenvalue weighted by atomic mass is 32.2. The number of anilines is 1. The van der Waals surface area contributed by atoms with Gasteiger partial charge >= 0.3 is 0 Å². The number of nitrogens with zero attached hydrogens (tertiary/aromatic N) is 2. The number of thioether (sulfide) groups is 2. The highest BCUT2D eigenvalue weighted by Gasteiger charge is 2.27. The maximum Gasteiger partial charge on any atom is 0.257 e. The quantitative estimate of drug-likeness (QED) is 0.341. The van der Waals surface area contributed by atoms with Crippen molar-refractivity contribution in [1.82, 2.24) is 0 Å². The Kier molecular flexibility index (Phi) is 6.41. The highest BCUT2D eigenvalue weighted by Crippen LogP contribution is 2.35.